The monoisotopic (exact) mass is 421 g/mol. The zero-order valence-corrected chi connectivity index (χ0v) is 15.0. The molecule has 3 rings (SSSR count). The summed E-state index contributed by atoms with van der Waals surface area (Å²) in [4.78, 5) is 12.3. The number of hydrogen-bond acceptors (Lipinski definition) is 5. The highest BCUT2D eigenvalue weighted by Gasteiger charge is 2.13. The Hall–Kier alpha value is -2.49. The lowest BCUT2D eigenvalue weighted by Gasteiger charge is -2.07. The Morgan fingerprint density at radius 1 is 1.12 bits per heavy atom. The second-order valence-corrected chi connectivity index (χ2v) is 7.67. The second-order valence-electron chi connectivity index (χ2n) is 5.19. The van der Waals surface area contributed by atoms with Crippen LogP contribution in [-0.2, 0) is 10.0 Å². The van der Waals surface area contributed by atoms with Gasteiger partial charge in [0, 0.05) is 15.5 Å². The van der Waals surface area contributed by atoms with Gasteiger partial charge >= 0.3 is 0 Å². The molecule has 0 aliphatic rings. The fourth-order valence-electron chi connectivity index (χ4n) is 2.21. The number of sulfonamides is 1. The largest absolute Gasteiger partial charge is 0.438 e. The van der Waals surface area contributed by atoms with Crippen molar-refractivity contribution in [2.75, 3.05) is 5.32 Å². The number of halogens is 1. The molecule has 0 bridgehead atoms. The molecule has 2 aromatic carbocycles. The number of fused-ring (bicyclic) bond motifs is 1. The number of benzene rings is 2. The van der Waals surface area contributed by atoms with E-state index in [9.17, 15) is 13.2 Å². The molecule has 0 aliphatic carbocycles. The summed E-state index contributed by atoms with van der Waals surface area (Å²) in [6.07, 6.45) is 0. The molecule has 4 N–H and O–H groups in total. The van der Waals surface area contributed by atoms with Gasteiger partial charge in [0.15, 0.2) is 0 Å². The number of carbonyl (C=O) groups is 1. The molecule has 1 amide bonds. The standard InChI is InChI=1S/C16H12BrN3O4S/c17-10-1-6-14-9(7-10)8-13(15(18)24-14)16(21)20-11-2-4-12(5-3-11)25(19,22)23/h1-8,18H,(H,20,21)(H2,19,22,23). The summed E-state index contributed by atoms with van der Waals surface area (Å²) >= 11 is 3.34. The molecule has 0 saturated heterocycles. The maximum absolute atomic E-state index is 12.4. The van der Waals surface area contributed by atoms with Crippen molar-refractivity contribution < 1.29 is 17.6 Å². The fraction of sp³-hybridized carbons (Fsp3) is 0. The van der Waals surface area contributed by atoms with Crippen LogP contribution < -0.4 is 16.0 Å². The molecule has 3 aromatic rings. The third-order valence-corrected chi connectivity index (χ3v) is 4.84. The van der Waals surface area contributed by atoms with Crippen LogP contribution in [0.15, 0.2) is 62.3 Å². The fourth-order valence-corrected chi connectivity index (χ4v) is 3.10. The normalized spacial score (nSPS) is 11.4. The topological polar surface area (TPSA) is 126 Å². The Balaban J connectivity index is 1.92. The van der Waals surface area contributed by atoms with Crippen molar-refractivity contribution in [3.05, 3.63) is 64.1 Å². The van der Waals surface area contributed by atoms with Gasteiger partial charge in [-0.1, -0.05) is 15.9 Å². The van der Waals surface area contributed by atoms with Gasteiger partial charge in [0.05, 0.1) is 4.90 Å². The summed E-state index contributed by atoms with van der Waals surface area (Å²) in [5.41, 5.74) is 0.642. The van der Waals surface area contributed by atoms with E-state index in [1.54, 1.807) is 24.3 Å². The zero-order valence-electron chi connectivity index (χ0n) is 12.6. The molecule has 0 fully saturated rings. The number of primary sulfonamides is 1. The third-order valence-electron chi connectivity index (χ3n) is 3.41. The lowest BCUT2D eigenvalue weighted by molar-refractivity contribution is 0.102. The number of nitrogens with two attached hydrogens (primary N) is 1. The molecule has 9 heteroatoms. The van der Waals surface area contributed by atoms with E-state index >= 15 is 0 Å². The van der Waals surface area contributed by atoms with E-state index in [1.807, 2.05) is 0 Å². The summed E-state index contributed by atoms with van der Waals surface area (Å²) in [5, 5.41) is 16.2. The van der Waals surface area contributed by atoms with Crippen LogP contribution in [0.25, 0.3) is 11.0 Å². The zero-order chi connectivity index (χ0) is 18.2. The van der Waals surface area contributed by atoms with Crippen LogP contribution in [0, 0.1) is 5.41 Å². The van der Waals surface area contributed by atoms with Gasteiger partial charge in [-0.05, 0) is 48.5 Å². The van der Waals surface area contributed by atoms with Gasteiger partial charge in [0.25, 0.3) is 5.91 Å². The highest BCUT2D eigenvalue weighted by molar-refractivity contribution is 9.10. The van der Waals surface area contributed by atoms with E-state index in [2.05, 4.69) is 21.2 Å². The summed E-state index contributed by atoms with van der Waals surface area (Å²) in [5.74, 6) is -0.543. The molecule has 25 heavy (non-hydrogen) atoms. The van der Waals surface area contributed by atoms with Crippen molar-refractivity contribution >= 4 is 48.5 Å². The number of hydrogen-bond donors (Lipinski definition) is 3. The maximum Gasteiger partial charge on any atom is 0.261 e. The Morgan fingerprint density at radius 3 is 2.44 bits per heavy atom. The van der Waals surface area contributed by atoms with E-state index in [1.165, 1.54) is 24.3 Å². The first kappa shape index (κ1) is 17.3. The number of anilines is 1. The average Bonchev–Trinajstić information content (AvgIpc) is 2.54. The van der Waals surface area contributed by atoms with Crippen molar-refractivity contribution in [3.63, 3.8) is 0 Å². The van der Waals surface area contributed by atoms with Gasteiger partial charge in [-0.3, -0.25) is 10.2 Å². The Bertz CT molecular complexity index is 1140. The van der Waals surface area contributed by atoms with Crippen LogP contribution in [0.5, 0.6) is 0 Å². The van der Waals surface area contributed by atoms with Crippen molar-refractivity contribution in [2.45, 2.75) is 4.90 Å². The molecule has 0 radical (unpaired) electrons. The van der Waals surface area contributed by atoms with E-state index in [-0.39, 0.29) is 16.0 Å². The number of amides is 1. The molecule has 0 unspecified atom stereocenters. The smallest absolute Gasteiger partial charge is 0.261 e. The van der Waals surface area contributed by atoms with Crippen LogP contribution >= 0.6 is 15.9 Å². The number of rotatable bonds is 3. The highest BCUT2D eigenvalue weighted by Crippen LogP contribution is 2.20. The molecule has 0 saturated carbocycles. The Morgan fingerprint density at radius 2 is 1.80 bits per heavy atom. The summed E-state index contributed by atoms with van der Waals surface area (Å²) in [7, 11) is -3.80. The lowest BCUT2D eigenvalue weighted by Crippen LogP contribution is -2.21. The minimum Gasteiger partial charge on any atom is -0.438 e. The first-order chi connectivity index (χ1) is 11.7. The first-order valence-electron chi connectivity index (χ1n) is 6.96. The van der Waals surface area contributed by atoms with E-state index in [0.717, 1.165) is 4.47 Å². The van der Waals surface area contributed by atoms with Gasteiger partial charge in [-0.25, -0.2) is 13.6 Å². The molecular formula is C16H12BrN3O4S. The third kappa shape index (κ3) is 3.78. The lowest BCUT2D eigenvalue weighted by atomic mass is 10.1. The maximum atomic E-state index is 12.4. The van der Waals surface area contributed by atoms with Crippen molar-refractivity contribution in [1.29, 1.82) is 5.41 Å². The van der Waals surface area contributed by atoms with Crippen LogP contribution in [-0.4, -0.2) is 14.3 Å². The highest BCUT2D eigenvalue weighted by atomic mass is 79.9. The molecule has 1 heterocycles. The van der Waals surface area contributed by atoms with Crippen LogP contribution in [0.1, 0.15) is 10.4 Å². The summed E-state index contributed by atoms with van der Waals surface area (Å²) in [6, 6.07) is 12.2. The van der Waals surface area contributed by atoms with Crippen molar-refractivity contribution in [3.8, 4) is 0 Å². The van der Waals surface area contributed by atoms with Gasteiger partial charge in [-0.15, -0.1) is 0 Å². The quantitative estimate of drug-likeness (QED) is 0.600. The SMILES string of the molecule is N=c1oc2ccc(Br)cc2cc1C(=O)Nc1ccc(S(N)(=O)=O)cc1. The van der Waals surface area contributed by atoms with Gasteiger partial charge in [0.1, 0.15) is 11.1 Å². The van der Waals surface area contributed by atoms with E-state index in [0.29, 0.717) is 16.7 Å². The second kappa shape index (κ2) is 6.43. The predicted octanol–water partition coefficient (Wildman–Crippen LogP) is 2.57. The average molecular weight is 422 g/mol. The minimum atomic E-state index is -3.80. The molecule has 7 nitrogen and oxygen atoms in total. The molecule has 1 aromatic heterocycles. The van der Waals surface area contributed by atoms with Crippen molar-refractivity contribution in [1.82, 2.24) is 0 Å². The molecular weight excluding hydrogens is 410 g/mol. The van der Waals surface area contributed by atoms with Crippen LogP contribution in [0.3, 0.4) is 0 Å². The minimum absolute atomic E-state index is 0.0566. The van der Waals surface area contributed by atoms with Crippen LogP contribution in [0.2, 0.25) is 0 Å². The predicted molar refractivity (Wildman–Crippen MR) is 95.5 cm³/mol. The van der Waals surface area contributed by atoms with Crippen molar-refractivity contribution in [2.24, 2.45) is 5.14 Å². The number of nitrogens with one attached hydrogen (secondary N) is 2. The first-order valence-corrected chi connectivity index (χ1v) is 9.30. The summed E-state index contributed by atoms with van der Waals surface area (Å²) in [6.45, 7) is 0. The molecule has 0 spiro atoms. The van der Waals surface area contributed by atoms with E-state index < -0.39 is 15.9 Å². The van der Waals surface area contributed by atoms with Gasteiger partial charge < -0.3 is 9.73 Å². The molecule has 128 valence electrons. The van der Waals surface area contributed by atoms with Gasteiger partial charge in [-0.2, -0.15) is 0 Å². The molecule has 0 atom stereocenters. The summed E-state index contributed by atoms with van der Waals surface area (Å²) < 4.78 is 28.6. The van der Waals surface area contributed by atoms with Crippen LogP contribution in [0.4, 0.5) is 5.69 Å². The number of carbonyl (C=O) groups excluding carboxylic acids is 1. The Labute approximate surface area is 151 Å². The van der Waals surface area contributed by atoms with Gasteiger partial charge in [0.2, 0.25) is 15.6 Å². The van der Waals surface area contributed by atoms with E-state index in [4.69, 9.17) is 15.0 Å². The molecule has 0 aliphatic heterocycles. The Kier molecular flexibility index (Phi) is 4.46.